The molecule has 0 bridgehead atoms. The Morgan fingerprint density at radius 2 is 2.10 bits per heavy atom. The van der Waals surface area contributed by atoms with E-state index in [9.17, 15) is 4.79 Å². The summed E-state index contributed by atoms with van der Waals surface area (Å²) >= 11 is 0. The first-order chi connectivity index (χ1) is 14.6. The first-order valence-electron chi connectivity index (χ1n) is 9.98. The lowest BCUT2D eigenvalue weighted by Gasteiger charge is -2.32. The van der Waals surface area contributed by atoms with Crippen LogP contribution in [0.5, 0.6) is 17.2 Å². The van der Waals surface area contributed by atoms with Crippen LogP contribution in [0.15, 0.2) is 36.5 Å². The Balaban J connectivity index is 1.28. The van der Waals surface area contributed by atoms with E-state index in [1.54, 1.807) is 6.07 Å². The van der Waals surface area contributed by atoms with E-state index in [-0.39, 0.29) is 18.8 Å². The summed E-state index contributed by atoms with van der Waals surface area (Å²) < 4.78 is 24.3. The fraction of sp³-hybridized carbons (Fsp3) is 0.364. The van der Waals surface area contributed by atoms with Crippen molar-refractivity contribution < 1.29 is 23.7 Å². The average Bonchev–Trinajstić information content (AvgIpc) is 3.36. The normalized spacial score (nSPS) is 18.1. The SMILES string of the molecule is Cc1nc2c(C)cccn2c1C(=O)N1CCOC(COc2ccc3c(c2)OCO3)C1. The van der Waals surface area contributed by atoms with Crippen molar-refractivity contribution in [3.63, 3.8) is 0 Å². The minimum atomic E-state index is -0.214. The van der Waals surface area contributed by atoms with E-state index in [0.717, 1.165) is 16.9 Å². The number of fused-ring (bicyclic) bond motifs is 2. The van der Waals surface area contributed by atoms with Crippen LogP contribution < -0.4 is 14.2 Å². The van der Waals surface area contributed by atoms with E-state index in [1.807, 2.05) is 53.6 Å². The highest BCUT2D eigenvalue weighted by atomic mass is 16.7. The van der Waals surface area contributed by atoms with Crippen LogP contribution in [0.25, 0.3) is 5.65 Å². The second-order valence-electron chi connectivity index (χ2n) is 7.50. The lowest BCUT2D eigenvalue weighted by molar-refractivity contribution is -0.0403. The zero-order chi connectivity index (χ0) is 20.7. The topological polar surface area (TPSA) is 74.5 Å². The number of pyridine rings is 1. The maximum Gasteiger partial charge on any atom is 0.272 e. The van der Waals surface area contributed by atoms with E-state index < -0.39 is 0 Å². The van der Waals surface area contributed by atoms with Gasteiger partial charge in [-0.3, -0.25) is 9.20 Å². The average molecular weight is 409 g/mol. The largest absolute Gasteiger partial charge is 0.491 e. The summed E-state index contributed by atoms with van der Waals surface area (Å²) in [7, 11) is 0. The number of carbonyl (C=O) groups is 1. The van der Waals surface area contributed by atoms with Gasteiger partial charge in [0.1, 0.15) is 29.8 Å². The molecule has 2 aliphatic heterocycles. The Labute approximate surface area is 173 Å². The molecule has 0 spiro atoms. The number of morpholine rings is 1. The molecule has 1 saturated heterocycles. The molecule has 1 unspecified atom stereocenters. The van der Waals surface area contributed by atoms with Gasteiger partial charge in [-0.05, 0) is 37.6 Å². The van der Waals surface area contributed by atoms with E-state index in [1.165, 1.54) is 0 Å². The van der Waals surface area contributed by atoms with Gasteiger partial charge >= 0.3 is 0 Å². The molecule has 3 aromatic rings. The first kappa shape index (κ1) is 18.7. The van der Waals surface area contributed by atoms with Crippen LogP contribution in [0.1, 0.15) is 21.7 Å². The highest BCUT2D eigenvalue weighted by Crippen LogP contribution is 2.35. The summed E-state index contributed by atoms with van der Waals surface area (Å²) in [6.45, 7) is 5.91. The molecule has 30 heavy (non-hydrogen) atoms. The van der Waals surface area contributed by atoms with Crippen LogP contribution in [0.2, 0.25) is 0 Å². The molecule has 0 saturated carbocycles. The van der Waals surface area contributed by atoms with Gasteiger partial charge in [-0.15, -0.1) is 0 Å². The second-order valence-corrected chi connectivity index (χ2v) is 7.50. The molecule has 8 heteroatoms. The zero-order valence-corrected chi connectivity index (χ0v) is 17.0. The third-order valence-electron chi connectivity index (χ3n) is 5.43. The minimum Gasteiger partial charge on any atom is -0.491 e. The van der Waals surface area contributed by atoms with E-state index >= 15 is 0 Å². The lowest BCUT2D eigenvalue weighted by Crippen LogP contribution is -2.48. The Kier molecular flexibility index (Phi) is 4.71. The van der Waals surface area contributed by atoms with Crippen molar-refractivity contribution in [2.75, 3.05) is 33.1 Å². The molecule has 2 aliphatic rings. The summed E-state index contributed by atoms with van der Waals surface area (Å²) in [4.78, 5) is 19.7. The Morgan fingerprint density at radius 1 is 1.23 bits per heavy atom. The van der Waals surface area contributed by atoms with Crippen molar-refractivity contribution in [1.29, 1.82) is 0 Å². The zero-order valence-electron chi connectivity index (χ0n) is 17.0. The maximum absolute atomic E-state index is 13.3. The highest BCUT2D eigenvalue weighted by Gasteiger charge is 2.29. The smallest absolute Gasteiger partial charge is 0.272 e. The summed E-state index contributed by atoms with van der Waals surface area (Å²) in [6, 6.07) is 9.39. The third-order valence-corrected chi connectivity index (χ3v) is 5.43. The van der Waals surface area contributed by atoms with Crippen molar-refractivity contribution >= 4 is 11.6 Å². The standard InChI is InChI=1S/C22H23N3O5/c1-14-4-3-7-25-20(15(2)23-21(14)25)22(26)24-8-9-27-17(11-24)12-28-16-5-6-18-19(10-16)30-13-29-18/h3-7,10,17H,8-9,11-13H2,1-2H3. The Hall–Kier alpha value is -3.26. The molecule has 1 aromatic carbocycles. The molecule has 4 heterocycles. The molecule has 8 nitrogen and oxygen atoms in total. The van der Waals surface area contributed by atoms with E-state index in [2.05, 4.69) is 4.98 Å². The molecular weight excluding hydrogens is 386 g/mol. The number of rotatable bonds is 4. The van der Waals surface area contributed by atoms with Gasteiger partial charge in [-0.1, -0.05) is 6.07 Å². The minimum absolute atomic E-state index is 0.0398. The molecule has 2 aromatic heterocycles. The fourth-order valence-corrected chi connectivity index (χ4v) is 3.89. The number of carbonyl (C=O) groups excluding carboxylic acids is 1. The van der Waals surface area contributed by atoms with Gasteiger partial charge in [-0.2, -0.15) is 0 Å². The summed E-state index contributed by atoms with van der Waals surface area (Å²) in [5.74, 6) is 2.03. The number of ether oxygens (including phenoxy) is 4. The fourth-order valence-electron chi connectivity index (χ4n) is 3.89. The number of imidazole rings is 1. The Bertz CT molecular complexity index is 1110. The van der Waals surface area contributed by atoms with Crippen molar-refractivity contribution in [2.45, 2.75) is 20.0 Å². The van der Waals surface area contributed by atoms with Gasteiger partial charge in [-0.25, -0.2) is 4.98 Å². The van der Waals surface area contributed by atoms with Gasteiger partial charge in [0.2, 0.25) is 6.79 Å². The monoisotopic (exact) mass is 409 g/mol. The maximum atomic E-state index is 13.3. The van der Waals surface area contributed by atoms with E-state index in [4.69, 9.17) is 18.9 Å². The molecule has 156 valence electrons. The first-order valence-corrected chi connectivity index (χ1v) is 9.98. The van der Waals surface area contributed by atoms with Crippen LogP contribution in [0, 0.1) is 13.8 Å². The summed E-state index contributed by atoms with van der Waals surface area (Å²) in [5, 5.41) is 0. The predicted octanol–water partition coefficient (Wildman–Crippen LogP) is 2.60. The molecule has 1 atom stereocenters. The number of aromatic nitrogens is 2. The van der Waals surface area contributed by atoms with Crippen LogP contribution >= 0.6 is 0 Å². The summed E-state index contributed by atoms with van der Waals surface area (Å²) in [5.41, 5.74) is 3.19. The van der Waals surface area contributed by atoms with Gasteiger partial charge < -0.3 is 23.8 Å². The van der Waals surface area contributed by atoms with Gasteiger partial charge in [0.05, 0.1) is 18.8 Å². The molecule has 0 aliphatic carbocycles. The van der Waals surface area contributed by atoms with E-state index in [0.29, 0.717) is 49.2 Å². The third kappa shape index (κ3) is 3.33. The van der Waals surface area contributed by atoms with Crippen LogP contribution in [-0.2, 0) is 4.74 Å². The molecule has 0 radical (unpaired) electrons. The molecular formula is C22H23N3O5. The molecule has 0 N–H and O–H groups in total. The highest BCUT2D eigenvalue weighted by molar-refractivity contribution is 5.95. The van der Waals surface area contributed by atoms with Crippen molar-refractivity contribution in [1.82, 2.24) is 14.3 Å². The Morgan fingerprint density at radius 3 is 3.00 bits per heavy atom. The van der Waals surface area contributed by atoms with Gasteiger partial charge in [0.25, 0.3) is 5.91 Å². The van der Waals surface area contributed by atoms with Crippen LogP contribution in [0.4, 0.5) is 0 Å². The number of aryl methyl sites for hydroxylation is 2. The van der Waals surface area contributed by atoms with Gasteiger partial charge in [0, 0.05) is 18.8 Å². The van der Waals surface area contributed by atoms with Crippen LogP contribution in [-0.4, -0.2) is 59.4 Å². The van der Waals surface area contributed by atoms with Crippen LogP contribution in [0.3, 0.4) is 0 Å². The number of benzene rings is 1. The van der Waals surface area contributed by atoms with Crippen molar-refractivity contribution in [3.05, 3.63) is 53.5 Å². The number of hydrogen-bond donors (Lipinski definition) is 0. The van der Waals surface area contributed by atoms with Crippen molar-refractivity contribution in [2.24, 2.45) is 0 Å². The second kappa shape index (κ2) is 7.53. The molecule has 5 rings (SSSR count). The lowest BCUT2D eigenvalue weighted by atomic mass is 10.2. The molecule has 1 amide bonds. The quantitative estimate of drug-likeness (QED) is 0.660. The number of amides is 1. The number of nitrogens with zero attached hydrogens (tertiary/aromatic N) is 3. The predicted molar refractivity (Wildman–Crippen MR) is 108 cm³/mol. The molecule has 1 fully saturated rings. The van der Waals surface area contributed by atoms with Gasteiger partial charge in [0.15, 0.2) is 11.5 Å². The summed E-state index contributed by atoms with van der Waals surface area (Å²) in [6.07, 6.45) is 1.67. The van der Waals surface area contributed by atoms with Crippen molar-refractivity contribution in [3.8, 4) is 17.2 Å². The number of hydrogen-bond acceptors (Lipinski definition) is 6.